The van der Waals surface area contributed by atoms with Crippen LogP contribution in [0.3, 0.4) is 0 Å². The Hall–Kier alpha value is -1.75. The summed E-state index contributed by atoms with van der Waals surface area (Å²) in [5.41, 5.74) is -0.582. The fourth-order valence-corrected chi connectivity index (χ4v) is 2.79. The van der Waals surface area contributed by atoms with E-state index in [0.29, 0.717) is 23.1 Å². The molecule has 1 rings (SSSR count). The van der Waals surface area contributed by atoms with Crippen LogP contribution in [-0.4, -0.2) is 29.7 Å². The average molecular weight is 413 g/mol. The molecule has 0 radical (unpaired) electrons. The van der Waals surface area contributed by atoms with E-state index in [-0.39, 0.29) is 12.5 Å². The number of hydrogen-bond donors (Lipinski definition) is 0. The fourth-order valence-electron chi connectivity index (χ4n) is 2.61. The van der Waals surface area contributed by atoms with Gasteiger partial charge in [-0.2, -0.15) is 0 Å². The first kappa shape index (κ1) is 24.3. The van der Waals surface area contributed by atoms with Crippen LogP contribution in [0.5, 0.6) is 5.75 Å². The predicted molar refractivity (Wildman–Crippen MR) is 111 cm³/mol. The summed E-state index contributed by atoms with van der Waals surface area (Å²) in [6.45, 7) is 13.0. The van der Waals surface area contributed by atoms with Crippen LogP contribution < -0.4 is 4.74 Å². The van der Waals surface area contributed by atoms with Crippen molar-refractivity contribution in [3.05, 3.63) is 29.3 Å². The van der Waals surface area contributed by atoms with Gasteiger partial charge in [-0.25, -0.2) is 0 Å². The third-order valence-corrected chi connectivity index (χ3v) is 4.14. The van der Waals surface area contributed by atoms with Gasteiger partial charge in [0.05, 0.1) is 12.3 Å². The number of halogens is 1. The number of hydrogen-bond acceptors (Lipinski definition) is 5. The Morgan fingerprint density at radius 1 is 1.11 bits per heavy atom. The summed E-state index contributed by atoms with van der Waals surface area (Å²) in [5.74, 6) is -0.476. The van der Waals surface area contributed by atoms with E-state index in [9.17, 15) is 9.59 Å². The summed E-state index contributed by atoms with van der Waals surface area (Å²) in [6.07, 6.45) is -0.111. The number of rotatable bonds is 9. The molecular weight excluding hydrogens is 380 g/mol. The Labute approximate surface area is 173 Å². The van der Waals surface area contributed by atoms with E-state index in [2.05, 4.69) is 13.8 Å². The van der Waals surface area contributed by atoms with Gasteiger partial charge in [-0.1, -0.05) is 38.4 Å². The smallest absolute Gasteiger partial charge is 0.309 e. The molecule has 0 N–H and O–H groups in total. The Morgan fingerprint density at radius 2 is 1.75 bits per heavy atom. The van der Waals surface area contributed by atoms with Crippen LogP contribution in [-0.2, 0) is 19.1 Å². The van der Waals surface area contributed by atoms with Crippen molar-refractivity contribution < 1.29 is 23.8 Å². The van der Waals surface area contributed by atoms with Crippen molar-refractivity contribution in [1.82, 2.24) is 0 Å². The molecule has 0 aliphatic rings. The van der Waals surface area contributed by atoms with Gasteiger partial charge >= 0.3 is 11.9 Å². The van der Waals surface area contributed by atoms with Gasteiger partial charge in [-0.05, 0) is 58.2 Å². The second kappa shape index (κ2) is 10.7. The lowest BCUT2D eigenvalue weighted by molar-refractivity contribution is -0.165. The first-order valence-corrected chi connectivity index (χ1v) is 10.1. The van der Waals surface area contributed by atoms with Crippen LogP contribution in [0.4, 0.5) is 0 Å². The van der Waals surface area contributed by atoms with Crippen molar-refractivity contribution in [2.75, 3.05) is 0 Å². The van der Waals surface area contributed by atoms with Crippen LogP contribution in [0.1, 0.15) is 61.3 Å². The molecule has 0 aliphatic heterocycles. The van der Waals surface area contributed by atoms with Gasteiger partial charge in [-0.15, -0.1) is 0 Å². The highest BCUT2D eigenvalue weighted by Gasteiger charge is 2.28. The molecule has 0 aliphatic carbocycles. The molecule has 0 saturated carbocycles. The Bertz CT molecular complexity index is 651. The first-order valence-electron chi connectivity index (χ1n) is 9.72. The number of benzene rings is 1. The monoisotopic (exact) mass is 412 g/mol. The van der Waals surface area contributed by atoms with Crippen LogP contribution in [0.15, 0.2) is 24.3 Å². The van der Waals surface area contributed by atoms with E-state index in [0.717, 1.165) is 0 Å². The van der Waals surface area contributed by atoms with Crippen molar-refractivity contribution in [3.63, 3.8) is 0 Å². The van der Waals surface area contributed by atoms with Crippen molar-refractivity contribution in [1.29, 1.82) is 0 Å². The fraction of sp³-hybridized carbons (Fsp3) is 0.636. The minimum Gasteiger partial charge on any atom is -0.487 e. The number of carbonyl (C=O) groups excluding carboxylic acids is 2. The number of esters is 2. The van der Waals surface area contributed by atoms with E-state index in [4.69, 9.17) is 25.8 Å². The zero-order chi connectivity index (χ0) is 21.5. The van der Waals surface area contributed by atoms with Gasteiger partial charge in [0.25, 0.3) is 0 Å². The number of carbonyl (C=O) groups is 2. The van der Waals surface area contributed by atoms with Gasteiger partial charge in [0.15, 0.2) is 0 Å². The van der Waals surface area contributed by atoms with Crippen LogP contribution in [0.25, 0.3) is 0 Å². The first-order chi connectivity index (χ1) is 12.9. The third-order valence-electron chi connectivity index (χ3n) is 3.91. The van der Waals surface area contributed by atoms with E-state index in [1.165, 1.54) is 0 Å². The Morgan fingerprint density at radius 3 is 2.29 bits per heavy atom. The van der Waals surface area contributed by atoms with Crippen LogP contribution >= 0.6 is 11.6 Å². The highest BCUT2D eigenvalue weighted by Crippen LogP contribution is 2.23. The van der Waals surface area contributed by atoms with Crippen LogP contribution in [0, 0.1) is 11.8 Å². The zero-order valence-electron chi connectivity index (χ0n) is 18.0. The van der Waals surface area contributed by atoms with Crippen molar-refractivity contribution in [2.45, 2.75) is 79.1 Å². The molecule has 28 heavy (non-hydrogen) atoms. The summed E-state index contributed by atoms with van der Waals surface area (Å²) >= 11 is 6.02. The molecule has 1 aromatic carbocycles. The maximum atomic E-state index is 12.4. The molecular formula is C22H33ClO5. The molecule has 0 bridgehead atoms. The molecule has 0 aromatic heterocycles. The summed E-state index contributed by atoms with van der Waals surface area (Å²) in [6, 6.07) is 7.13. The largest absolute Gasteiger partial charge is 0.487 e. The molecule has 158 valence electrons. The molecule has 0 heterocycles. The van der Waals surface area contributed by atoms with Crippen molar-refractivity contribution in [3.8, 4) is 5.75 Å². The van der Waals surface area contributed by atoms with Crippen molar-refractivity contribution >= 4 is 23.5 Å². The molecule has 6 heteroatoms. The molecule has 0 spiro atoms. The quantitative estimate of drug-likeness (QED) is 0.506. The van der Waals surface area contributed by atoms with Gasteiger partial charge in [-0.3, -0.25) is 9.59 Å². The zero-order valence-corrected chi connectivity index (χ0v) is 18.7. The standard InChI is InChI=1S/C22H33ClO5/c1-14(2)11-19(27-18-10-8-9-17(23)13-18)16(4)26-21(25)15(3)12-20(24)28-22(5,6)7/h8-10,13-16,19H,11-12H2,1-7H3/t15-,16+,19-/m1/s1. The maximum Gasteiger partial charge on any atom is 0.309 e. The van der Waals surface area contributed by atoms with E-state index < -0.39 is 29.6 Å². The molecule has 0 saturated heterocycles. The van der Waals surface area contributed by atoms with E-state index in [1.807, 2.05) is 12.1 Å². The molecule has 3 atom stereocenters. The second-order valence-corrected chi connectivity index (χ2v) is 9.01. The minimum atomic E-state index is -0.594. The molecule has 0 unspecified atom stereocenters. The highest BCUT2D eigenvalue weighted by molar-refractivity contribution is 6.30. The molecule has 0 fully saturated rings. The molecule has 0 amide bonds. The van der Waals surface area contributed by atoms with Gasteiger partial charge in [0, 0.05) is 5.02 Å². The lowest BCUT2D eigenvalue weighted by Crippen LogP contribution is -2.36. The lowest BCUT2D eigenvalue weighted by Gasteiger charge is -2.27. The highest BCUT2D eigenvalue weighted by atomic mass is 35.5. The molecule has 1 aromatic rings. The summed E-state index contributed by atoms with van der Waals surface area (Å²) < 4.78 is 16.9. The van der Waals surface area contributed by atoms with Crippen LogP contribution in [0.2, 0.25) is 5.02 Å². The second-order valence-electron chi connectivity index (χ2n) is 8.58. The average Bonchev–Trinajstić information content (AvgIpc) is 2.51. The topological polar surface area (TPSA) is 61.8 Å². The predicted octanol–water partition coefficient (Wildman–Crippen LogP) is 5.43. The Kier molecular flexibility index (Phi) is 9.28. The van der Waals surface area contributed by atoms with E-state index in [1.54, 1.807) is 46.8 Å². The Balaban J connectivity index is 2.71. The van der Waals surface area contributed by atoms with Gasteiger partial charge < -0.3 is 14.2 Å². The SMILES string of the molecule is CC(C)C[C@@H](Oc1cccc(Cl)c1)[C@H](C)OC(=O)[C@H](C)CC(=O)OC(C)(C)C. The van der Waals surface area contributed by atoms with Gasteiger partial charge in [0.2, 0.25) is 0 Å². The third kappa shape index (κ3) is 9.45. The molecule has 5 nitrogen and oxygen atoms in total. The summed E-state index contributed by atoms with van der Waals surface area (Å²) in [4.78, 5) is 24.4. The maximum absolute atomic E-state index is 12.4. The summed E-state index contributed by atoms with van der Waals surface area (Å²) in [5, 5.41) is 0.580. The normalized spacial score (nSPS) is 14.9. The lowest BCUT2D eigenvalue weighted by atomic mass is 10.0. The number of ether oxygens (including phenoxy) is 3. The van der Waals surface area contributed by atoms with E-state index >= 15 is 0 Å². The minimum absolute atomic E-state index is 0.0210. The van der Waals surface area contributed by atoms with Gasteiger partial charge in [0.1, 0.15) is 23.6 Å². The summed E-state index contributed by atoms with van der Waals surface area (Å²) in [7, 11) is 0. The van der Waals surface area contributed by atoms with Crippen molar-refractivity contribution in [2.24, 2.45) is 11.8 Å².